The summed E-state index contributed by atoms with van der Waals surface area (Å²) in [5, 5.41) is 0. The number of Topliss-reactive ketones (excluding diaryl/α,β-unsaturated/α-hetero) is 2. The van der Waals surface area contributed by atoms with E-state index in [-0.39, 0.29) is 22.4 Å². The van der Waals surface area contributed by atoms with Crippen LogP contribution in [0, 0.1) is 17.8 Å². The Hall–Kier alpha value is -3.47. The molecule has 0 radical (unpaired) electrons. The van der Waals surface area contributed by atoms with Crippen LogP contribution in [-0.4, -0.2) is 29.5 Å². The van der Waals surface area contributed by atoms with Gasteiger partial charge in [-0.1, -0.05) is 69.7 Å². The molecule has 198 valence electrons. The quantitative estimate of drug-likeness (QED) is 0.429. The van der Waals surface area contributed by atoms with Gasteiger partial charge in [-0.15, -0.1) is 0 Å². The van der Waals surface area contributed by atoms with Gasteiger partial charge in [0.15, 0.2) is 11.6 Å². The maximum Gasteiger partial charge on any atom is 0.337 e. The molecule has 0 spiro atoms. The second-order valence-corrected chi connectivity index (χ2v) is 12.7. The largest absolute Gasteiger partial charge is 0.465 e. The van der Waals surface area contributed by atoms with Gasteiger partial charge >= 0.3 is 5.97 Å². The van der Waals surface area contributed by atoms with Gasteiger partial charge in [0.25, 0.3) is 0 Å². The average Bonchev–Trinajstić information content (AvgIpc) is 2.84. The minimum atomic E-state index is -0.423. The lowest BCUT2D eigenvalue weighted by atomic mass is 9.63. The summed E-state index contributed by atoms with van der Waals surface area (Å²) in [6, 6.07) is 15.7. The van der Waals surface area contributed by atoms with Crippen LogP contribution >= 0.6 is 0 Å². The van der Waals surface area contributed by atoms with E-state index in [0.717, 1.165) is 46.5 Å². The molecule has 2 aliphatic carbocycles. The molecule has 1 aliphatic heterocycles. The number of carbonyl (C=O) groups is 3. The summed E-state index contributed by atoms with van der Waals surface area (Å²) in [5.41, 5.74) is 6.89. The summed E-state index contributed by atoms with van der Waals surface area (Å²) in [6.07, 6.45) is 2.43. The third-order valence-electron chi connectivity index (χ3n) is 8.15. The SMILES string of the molecule is COC(=O)c1ccc(C2C3=C(CC(C)(C)CC3=O)N(Cc3ccc(C)cc3)C3=C2C(=O)CC(C)(C)C3)cc1. The van der Waals surface area contributed by atoms with Gasteiger partial charge in [0.1, 0.15) is 0 Å². The number of hydrogen-bond donors (Lipinski definition) is 0. The highest BCUT2D eigenvalue weighted by atomic mass is 16.5. The van der Waals surface area contributed by atoms with E-state index in [1.54, 1.807) is 12.1 Å². The first-order valence-corrected chi connectivity index (χ1v) is 13.4. The van der Waals surface area contributed by atoms with Crippen LogP contribution in [0.15, 0.2) is 71.1 Å². The standard InChI is InChI=1S/C33H37NO4/c1-20-7-9-21(10-8-20)19-34-24-15-32(2,3)17-26(35)29(24)28(22-11-13-23(14-12-22)31(37)38-6)30-25(34)16-33(4,5)18-27(30)36/h7-14,28H,15-19H2,1-6H3. The maximum atomic E-state index is 13.9. The van der Waals surface area contributed by atoms with Crippen molar-refractivity contribution in [3.63, 3.8) is 0 Å². The van der Waals surface area contributed by atoms with E-state index >= 15 is 0 Å². The number of esters is 1. The number of ketones is 2. The molecule has 0 unspecified atom stereocenters. The lowest BCUT2D eigenvalue weighted by molar-refractivity contribution is -0.119. The summed E-state index contributed by atoms with van der Waals surface area (Å²) < 4.78 is 4.88. The molecule has 2 aromatic carbocycles. The molecule has 5 nitrogen and oxygen atoms in total. The molecular formula is C33H37NO4. The Morgan fingerprint density at radius 3 is 1.79 bits per heavy atom. The Kier molecular flexibility index (Phi) is 6.45. The van der Waals surface area contributed by atoms with Crippen LogP contribution in [0.3, 0.4) is 0 Å². The van der Waals surface area contributed by atoms with Crippen molar-refractivity contribution in [1.29, 1.82) is 0 Å². The van der Waals surface area contributed by atoms with Crippen molar-refractivity contribution in [1.82, 2.24) is 4.90 Å². The summed E-state index contributed by atoms with van der Waals surface area (Å²) in [7, 11) is 1.36. The van der Waals surface area contributed by atoms with E-state index in [1.165, 1.54) is 12.7 Å². The normalized spacial score (nSPS) is 20.8. The van der Waals surface area contributed by atoms with Crippen LogP contribution in [0.25, 0.3) is 0 Å². The van der Waals surface area contributed by atoms with Crippen molar-refractivity contribution in [3.8, 4) is 0 Å². The number of ether oxygens (including phenoxy) is 1. The zero-order chi connectivity index (χ0) is 27.4. The molecule has 0 fully saturated rings. The second kappa shape index (κ2) is 9.37. The molecule has 0 atom stereocenters. The van der Waals surface area contributed by atoms with Gasteiger partial charge in [-0.3, -0.25) is 9.59 Å². The number of aryl methyl sites for hydroxylation is 1. The van der Waals surface area contributed by atoms with Gasteiger partial charge in [0.2, 0.25) is 0 Å². The molecule has 0 saturated carbocycles. The van der Waals surface area contributed by atoms with E-state index in [4.69, 9.17) is 4.74 Å². The molecule has 0 bridgehead atoms. The number of carbonyl (C=O) groups excluding carboxylic acids is 3. The van der Waals surface area contributed by atoms with Gasteiger partial charge in [-0.2, -0.15) is 0 Å². The van der Waals surface area contributed by atoms with Crippen molar-refractivity contribution >= 4 is 17.5 Å². The van der Waals surface area contributed by atoms with Crippen molar-refractivity contribution in [3.05, 3.63) is 93.3 Å². The van der Waals surface area contributed by atoms with Crippen LogP contribution in [0.1, 0.15) is 86.3 Å². The fourth-order valence-corrected chi connectivity index (χ4v) is 6.38. The van der Waals surface area contributed by atoms with Gasteiger partial charge in [0.05, 0.1) is 12.7 Å². The van der Waals surface area contributed by atoms with Gasteiger partial charge < -0.3 is 9.64 Å². The minimum Gasteiger partial charge on any atom is -0.465 e. The second-order valence-electron chi connectivity index (χ2n) is 12.7. The highest BCUT2D eigenvalue weighted by molar-refractivity contribution is 6.07. The van der Waals surface area contributed by atoms with Gasteiger partial charge in [0, 0.05) is 47.8 Å². The first-order chi connectivity index (χ1) is 17.9. The highest BCUT2D eigenvalue weighted by Gasteiger charge is 2.48. The van der Waals surface area contributed by atoms with Crippen molar-refractivity contribution in [2.75, 3.05) is 7.11 Å². The van der Waals surface area contributed by atoms with Gasteiger partial charge in [-0.05, 0) is 53.9 Å². The Morgan fingerprint density at radius 1 is 0.816 bits per heavy atom. The van der Waals surface area contributed by atoms with E-state index in [0.29, 0.717) is 24.9 Å². The molecular weight excluding hydrogens is 474 g/mol. The van der Waals surface area contributed by atoms with Crippen LogP contribution in [0.4, 0.5) is 0 Å². The molecule has 0 saturated heterocycles. The maximum absolute atomic E-state index is 13.9. The third-order valence-corrected chi connectivity index (χ3v) is 8.15. The van der Waals surface area contributed by atoms with Crippen LogP contribution < -0.4 is 0 Å². The zero-order valence-corrected chi connectivity index (χ0v) is 23.3. The lowest BCUT2D eigenvalue weighted by Gasteiger charge is -2.49. The minimum absolute atomic E-state index is 0.108. The number of nitrogens with zero attached hydrogens (tertiary/aromatic N) is 1. The molecule has 0 N–H and O–H groups in total. The molecule has 1 heterocycles. The summed E-state index contributed by atoms with van der Waals surface area (Å²) in [6.45, 7) is 11.3. The first-order valence-electron chi connectivity index (χ1n) is 13.4. The zero-order valence-electron chi connectivity index (χ0n) is 23.3. The predicted octanol–water partition coefficient (Wildman–Crippen LogP) is 6.67. The molecule has 0 aromatic heterocycles. The van der Waals surface area contributed by atoms with E-state index in [2.05, 4.69) is 63.8 Å². The first kappa shape index (κ1) is 26.1. The summed E-state index contributed by atoms with van der Waals surface area (Å²) in [5.74, 6) is -0.615. The van der Waals surface area contributed by atoms with Crippen LogP contribution in [0.2, 0.25) is 0 Å². The number of hydrogen-bond acceptors (Lipinski definition) is 5. The Bertz CT molecular complexity index is 1320. The third kappa shape index (κ3) is 4.75. The fourth-order valence-electron chi connectivity index (χ4n) is 6.38. The van der Waals surface area contributed by atoms with E-state index in [1.807, 2.05) is 12.1 Å². The number of benzene rings is 2. The fraction of sp³-hybridized carbons (Fsp3) is 0.424. The monoisotopic (exact) mass is 511 g/mol. The topological polar surface area (TPSA) is 63.7 Å². The Balaban J connectivity index is 1.72. The smallest absolute Gasteiger partial charge is 0.337 e. The molecule has 5 rings (SSSR count). The van der Waals surface area contributed by atoms with E-state index in [9.17, 15) is 14.4 Å². The van der Waals surface area contributed by atoms with Crippen LogP contribution in [0.5, 0.6) is 0 Å². The van der Waals surface area contributed by atoms with Gasteiger partial charge in [-0.25, -0.2) is 4.79 Å². The molecule has 3 aliphatic rings. The number of rotatable bonds is 4. The summed E-state index contributed by atoms with van der Waals surface area (Å²) >= 11 is 0. The van der Waals surface area contributed by atoms with Crippen LogP contribution in [-0.2, 0) is 20.9 Å². The Morgan fingerprint density at radius 2 is 1.32 bits per heavy atom. The van der Waals surface area contributed by atoms with Crippen molar-refractivity contribution < 1.29 is 19.1 Å². The lowest BCUT2D eigenvalue weighted by Crippen LogP contribution is -2.44. The molecule has 38 heavy (non-hydrogen) atoms. The molecule has 5 heteroatoms. The van der Waals surface area contributed by atoms with Crippen molar-refractivity contribution in [2.45, 2.75) is 72.8 Å². The molecule has 0 amide bonds. The average molecular weight is 512 g/mol. The van der Waals surface area contributed by atoms with Crippen molar-refractivity contribution in [2.24, 2.45) is 10.8 Å². The summed E-state index contributed by atoms with van der Waals surface area (Å²) in [4.78, 5) is 42.2. The molecule has 2 aromatic rings. The predicted molar refractivity (Wildman–Crippen MR) is 147 cm³/mol. The number of methoxy groups -OCH3 is 1. The number of allylic oxidation sites excluding steroid dienone is 4. The van der Waals surface area contributed by atoms with E-state index < -0.39 is 11.9 Å². The Labute approximate surface area is 225 Å². The highest BCUT2D eigenvalue weighted by Crippen LogP contribution is 2.54.